The maximum atomic E-state index is 11.8. The van der Waals surface area contributed by atoms with Gasteiger partial charge in [0.25, 0.3) is 0 Å². The van der Waals surface area contributed by atoms with E-state index in [2.05, 4.69) is 0 Å². The predicted octanol–water partition coefficient (Wildman–Crippen LogP) is 1.92. The van der Waals surface area contributed by atoms with Crippen LogP contribution < -0.4 is 0 Å². The Kier molecular flexibility index (Phi) is 3.40. The molecule has 2 saturated carbocycles. The zero-order valence-corrected chi connectivity index (χ0v) is 10.5. The number of carbonyl (C=O) groups excluding carboxylic acids is 2. The van der Waals surface area contributed by atoms with Crippen LogP contribution in [0.1, 0.15) is 39.5 Å². The van der Waals surface area contributed by atoms with Crippen LogP contribution in [0.4, 0.5) is 0 Å². The van der Waals surface area contributed by atoms with Crippen LogP contribution in [-0.2, 0) is 19.1 Å². The fraction of sp³-hybridized carbons (Fsp3) is 0.846. The molecule has 1 spiro atoms. The third kappa shape index (κ3) is 2.45. The van der Waals surface area contributed by atoms with E-state index in [-0.39, 0.29) is 29.2 Å². The second-order valence-electron chi connectivity index (χ2n) is 5.13. The van der Waals surface area contributed by atoms with Crippen LogP contribution in [0.25, 0.3) is 0 Å². The molecule has 4 heteroatoms. The molecule has 0 saturated heterocycles. The van der Waals surface area contributed by atoms with E-state index in [1.165, 1.54) is 0 Å². The molecule has 0 heterocycles. The first-order chi connectivity index (χ1) is 8.12. The third-order valence-corrected chi connectivity index (χ3v) is 3.93. The molecule has 2 aliphatic rings. The van der Waals surface area contributed by atoms with E-state index in [4.69, 9.17) is 9.47 Å². The lowest BCUT2D eigenvalue weighted by atomic mass is 9.96. The predicted molar refractivity (Wildman–Crippen MR) is 61.1 cm³/mol. The molecule has 2 fully saturated rings. The van der Waals surface area contributed by atoms with Crippen molar-refractivity contribution in [3.05, 3.63) is 0 Å². The van der Waals surface area contributed by atoms with Crippen molar-refractivity contribution in [3.63, 3.8) is 0 Å². The van der Waals surface area contributed by atoms with Crippen molar-refractivity contribution in [2.45, 2.75) is 39.5 Å². The summed E-state index contributed by atoms with van der Waals surface area (Å²) in [6.07, 6.45) is 3.88. The Morgan fingerprint density at radius 3 is 1.71 bits per heavy atom. The van der Waals surface area contributed by atoms with E-state index in [9.17, 15) is 9.59 Å². The fourth-order valence-electron chi connectivity index (χ4n) is 2.88. The summed E-state index contributed by atoms with van der Waals surface area (Å²) in [6, 6.07) is 0. The Hall–Kier alpha value is -1.06. The molecule has 0 aromatic carbocycles. The van der Waals surface area contributed by atoms with Gasteiger partial charge in [-0.2, -0.15) is 0 Å². The molecule has 0 aromatic heterocycles. The maximum absolute atomic E-state index is 11.8. The SMILES string of the molecule is CCOC(=O)[C@H]1CC2(CC2)C[C@@H]1C(=O)OCC. The zero-order valence-electron chi connectivity index (χ0n) is 10.5. The highest BCUT2D eigenvalue weighted by molar-refractivity contribution is 5.83. The second-order valence-corrected chi connectivity index (χ2v) is 5.13. The molecule has 0 bridgehead atoms. The molecule has 0 amide bonds. The minimum absolute atomic E-state index is 0.227. The smallest absolute Gasteiger partial charge is 0.309 e. The Labute approximate surface area is 102 Å². The number of carbonyl (C=O) groups is 2. The van der Waals surface area contributed by atoms with Crippen molar-refractivity contribution in [1.82, 2.24) is 0 Å². The molecule has 2 aliphatic carbocycles. The van der Waals surface area contributed by atoms with Crippen molar-refractivity contribution in [3.8, 4) is 0 Å². The number of hydrogen-bond acceptors (Lipinski definition) is 4. The van der Waals surface area contributed by atoms with Gasteiger partial charge in [0, 0.05) is 0 Å². The van der Waals surface area contributed by atoms with Crippen LogP contribution in [-0.4, -0.2) is 25.2 Å². The van der Waals surface area contributed by atoms with E-state index in [1.54, 1.807) is 13.8 Å². The Balaban J connectivity index is 2.05. The van der Waals surface area contributed by atoms with Gasteiger partial charge in [-0.05, 0) is 44.9 Å². The van der Waals surface area contributed by atoms with Crippen molar-refractivity contribution in [1.29, 1.82) is 0 Å². The molecular weight excluding hydrogens is 220 g/mol. The van der Waals surface area contributed by atoms with Crippen LogP contribution in [0, 0.1) is 17.3 Å². The number of esters is 2. The average Bonchev–Trinajstić information content (AvgIpc) is 2.90. The molecule has 0 unspecified atom stereocenters. The van der Waals surface area contributed by atoms with Gasteiger partial charge in [-0.25, -0.2) is 0 Å². The first-order valence-electron chi connectivity index (χ1n) is 6.45. The molecule has 0 aliphatic heterocycles. The minimum Gasteiger partial charge on any atom is -0.466 e. The molecule has 96 valence electrons. The van der Waals surface area contributed by atoms with E-state index in [0.717, 1.165) is 25.7 Å². The number of rotatable bonds is 4. The van der Waals surface area contributed by atoms with Gasteiger partial charge in [0.15, 0.2) is 0 Å². The molecule has 2 rings (SSSR count). The van der Waals surface area contributed by atoms with Crippen LogP contribution in [0.3, 0.4) is 0 Å². The van der Waals surface area contributed by atoms with Gasteiger partial charge in [-0.1, -0.05) is 0 Å². The van der Waals surface area contributed by atoms with Crippen molar-refractivity contribution >= 4 is 11.9 Å². The molecule has 0 N–H and O–H groups in total. The number of ether oxygens (including phenoxy) is 2. The van der Waals surface area contributed by atoms with Gasteiger partial charge < -0.3 is 9.47 Å². The lowest BCUT2D eigenvalue weighted by Crippen LogP contribution is -2.28. The summed E-state index contributed by atoms with van der Waals surface area (Å²) in [5.41, 5.74) is 0.245. The first-order valence-corrected chi connectivity index (χ1v) is 6.45. The molecule has 0 radical (unpaired) electrons. The highest BCUT2D eigenvalue weighted by atomic mass is 16.5. The first kappa shape index (κ1) is 12.4. The van der Waals surface area contributed by atoms with E-state index < -0.39 is 0 Å². The summed E-state index contributed by atoms with van der Waals surface area (Å²) in [5.74, 6) is -1.02. The standard InChI is InChI=1S/C13H20O4/c1-3-16-11(14)9-7-13(5-6-13)8-10(9)12(15)17-4-2/h9-10H,3-8H2,1-2H3/t9-,10-/m0/s1. The van der Waals surface area contributed by atoms with Crippen LogP contribution in [0.15, 0.2) is 0 Å². The summed E-state index contributed by atoms with van der Waals surface area (Å²) in [5, 5.41) is 0. The zero-order chi connectivity index (χ0) is 12.5. The Morgan fingerprint density at radius 2 is 1.41 bits per heavy atom. The lowest BCUT2D eigenvalue weighted by Gasteiger charge is -2.16. The maximum Gasteiger partial charge on any atom is 0.309 e. The van der Waals surface area contributed by atoms with Gasteiger partial charge in [0.1, 0.15) is 0 Å². The van der Waals surface area contributed by atoms with Crippen molar-refractivity contribution < 1.29 is 19.1 Å². The Morgan fingerprint density at radius 1 is 1.00 bits per heavy atom. The molecule has 4 nitrogen and oxygen atoms in total. The number of hydrogen-bond donors (Lipinski definition) is 0. The Bertz CT molecular complexity index is 291. The van der Waals surface area contributed by atoms with Gasteiger partial charge in [-0.15, -0.1) is 0 Å². The highest BCUT2D eigenvalue weighted by Gasteiger charge is 2.57. The van der Waals surface area contributed by atoms with Gasteiger partial charge in [0.2, 0.25) is 0 Å². The minimum atomic E-state index is -0.281. The third-order valence-electron chi connectivity index (χ3n) is 3.93. The normalized spacial score (nSPS) is 29.1. The van der Waals surface area contributed by atoms with Crippen molar-refractivity contribution in [2.24, 2.45) is 17.3 Å². The van der Waals surface area contributed by atoms with Crippen molar-refractivity contribution in [2.75, 3.05) is 13.2 Å². The summed E-state index contributed by atoms with van der Waals surface area (Å²) < 4.78 is 10.1. The molecular formula is C13H20O4. The summed E-state index contributed by atoms with van der Waals surface area (Å²) in [6.45, 7) is 4.33. The van der Waals surface area contributed by atoms with Gasteiger partial charge in [0.05, 0.1) is 25.0 Å². The average molecular weight is 240 g/mol. The van der Waals surface area contributed by atoms with Crippen LogP contribution in [0.5, 0.6) is 0 Å². The van der Waals surface area contributed by atoms with Crippen LogP contribution in [0.2, 0.25) is 0 Å². The van der Waals surface area contributed by atoms with E-state index in [0.29, 0.717) is 13.2 Å². The topological polar surface area (TPSA) is 52.6 Å². The van der Waals surface area contributed by atoms with E-state index in [1.807, 2.05) is 0 Å². The fourth-order valence-corrected chi connectivity index (χ4v) is 2.88. The monoisotopic (exact) mass is 240 g/mol. The lowest BCUT2D eigenvalue weighted by molar-refractivity contribution is -0.158. The van der Waals surface area contributed by atoms with Gasteiger partial charge >= 0.3 is 11.9 Å². The second kappa shape index (κ2) is 4.67. The highest BCUT2D eigenvalue weighted by Crippen LogP contribution is 2.61. The quantitative estimate of drug-likeness (QED) is 0.704. The molecule has 2 atom stereocenters. The summed E-state index contributed by atoms with van der Waals surface area (Å²) in [4.78, 5) is 23.7. The largest absolute Gasteiger partial charge is 0.466 e. The van der Waals surface area contributed by atoms with E-state index >= 15 is 0 Å². The molecule has 17 heavy (non-hydrogen) atoms. The van der Waals surface area contributed by atoms with Gasteiger partial charge in [-0.3, -0.25) is 9.59 Å². The molecule has 0 aromatic rings. The van der Waals surface area contributed by atoms with Crippen LogP contribution >= 0.6 is 0 Å². The summed E-state index contributed by atoms with van der Waals surface area (Å²) >= 11 is 0. The summed E-state index contributed by atoms with van der Waals surface area (Å²) in [7, 11) is 0.